The minimum Gasteiger partial charge on any atom is -0.444 e. The lowest BCUT2D eigenvalue weighted by molar-refractivity contribution is 0.0219. The van der Waals surface area contributed by atoms with E-state index in [-0.39, 0.29) is 12.1 Å². The van der Waals surface area contributed by atoms with Gasteiger partial charge in [0.25, 0.3) is 0 Å². The van der Waals surface area contributed by atoms with Crippen LogP contribution in [0.5, 0.6) is 0 Å². The van der Waals surface area contributed by atoms with Gasteiger partial charge in [-0.2, -0.15) is 0 Å². The van der Waals surface area contributed by atoms with Gasteiger partial charge in [0.05, 0.1) is 11.4 Å². The van der Waals surface area contributed by atoms with Gasteiger partial charge in [0.2, 0.25) is 0 Å². The number of carbonyl (C=O) groups excluding carboxylic acids is 1. The molecule has 1 amide bonds. The minimum atomic E-state index is -0.466. The number of halogens is 1. The molecule has 6 heteroatoms. The average Bonchev–Trinajstić information content (AvgIpc) is 2.40. The van der Waals surface area contributed by atoms with Gasteiger partial charge in [-0.15, -0.1) is 0 Å². The molecule has 2 N–H and O–H groups in total. The van der Waals surface area contributed by atoms with Crippen LogP contribution in [-0.4, -0.2) is 42.3 Å². The smallest absolute Gasteiger partial charge is 0.410 e. The molecule has 0 spiro atoms. The summed E-state index contributed by atoms with van der Waals surface area (Å²) in [6.07, 6.45) is -0.249. The van der Waals surface area contributed by atoms with Crippen LogP contribution in [0.2, 0.25) is 0 Å². The fourth-order valence-corrected chi connectivity index (χ4v) is 2.92. The lowest BCUT2D eigenvalue weighted by Crippen LogP contribution is -2.54. The summed E-state index contributed by atoms with van der Waals surface area (Å²) in [5.74, 6) is 0. The maximum Gasteiger partial charge on any atom is 0.410 e. The number of rotatable bonds is 1. The summed E-state index contributed by atoms with van der Waals surface area (Å²) in [6, 6.07) is 6.03. The van der Waals surface area contributed by atoms with Crippen LogP contribution in [0.3, 0.4) is 0 Å². The van der Waals surface area contributed by atoms with Gasteiger partial charge in [0.1, 0.15) is 5.60 Å². The Morgan fingerprint density at radius 1 is 1.36 bits per heavy atom. The summed E-state index contributed by atoms with van der Waals surface area (Å²) in [7, 11) is 0. The lowest BCUT2D eigenvalue weighted by Gasteiger charge is -2.41. The maximum absolute atomic E-state index is 12.2. The molecule has 1 aliphatic rings. The van der Waals surface area contributed by atoms with E-state index in [9.17, 15) is 4.79 Å². The number of nitrogens with zero attached hydrogens (tertiary/aromatic N) is 2. The molecule has 1 aliphatic heterocycles. The van der Waals surface area contributed by atoms with Crippen LogP contribution < -0.4 is 10.6 Å². The molecule has 0 bridgehead atoms. The molecule has 0 aromatic heterocycles. The molecule has 5 nitrogen and oxygen atoms in total. The molecular formula is C16H24BrN3O2. The quantitative estimate of drug-likeness (QED) is 0.769. The number of ether oxygens (including phenoxy) is 1. The van der Waals surface area contributed by atoms with E-state index in [1.807, 2.05) is 39.0 Å². The van der Waals surface area contributed by atoms with E-state index in [2.05, 4.69) is 27.8 Å². The second-order valence-electron chi connectivity index (χ2n) is 6.67. The van der Waals surface area contributed by atoms with E-state index in [0.29, 0.717) is 13.1 Å². The molecule has 0 aliphatic carbocycles. The third-order valence-electron chi connectivity index (χ3n) is 3.58. The molecule has 0 unspecified atom stereocenters. The van der Waals surface area contributed by atoms with E-state index in [0.717, 1.165) is 22.4 Å². The van der Waals surface area contributed by atoms with Gasteiger partial charge < -0.3 is 20.3 Å². The largest absolute Gasteiger partial charge is 0.444 e. The highest BCUT2D eigenvalue weighted by molar-refractivity contribution is 9.10. The van der Waals surface area contributed by atoms with Crippen molar-refractivity contribution in [3.8, 4) is 0 Å². The third-order valence-corrected chi connectivity index (χ3v) is 4.07. The van der Waals surface area contributed by atoms with Crippen molar-refractivity contribution in [3.05, 3.63) is 22.7 Å². The number of carbonyl (C=O) groups is 1. The molecule has 1 saturated heterocycles. The van der Waals surface area contributed by atoms with Crippen molar-refractivity contribution in [1.29, 1.82) is 0 Å². The summed E-state index contributed by atoms with van der Waals surface area (Å²) in [5, 5.41) is 0. The van der Waals surface area contributed by atoms with Crippen LogP contribution in [0.25, 0.3) is 0 Å². The summed E-state index contributed by atoms with van der Waals surface area (Å²) in [6.45, 7) is 9.73. The number of nitrogens with two attached hydrogens (primary N) is 1. The molecule has 1 fully saturated rings. The Morgan fingerprint density at radius 2 is 2.05 bits per heavy atom. The van der Waals surface area contributed by atoms with Gasteiger partial charge in [0, 0.05) is 30.1 Å². The number of benzene rings is 1. The first-order valence-corrected chi connectivity index (χ1v) is 8.26. The number of nitrogen functional groups attached to an aromatic ring is 1. The zero-order chi connectivity index (χ0) is 16.5. The molecule has 2 rings (SSSR count). The zero-order valence-corrected chi connectivity index (χ0v) is 15.2. The first-order valence-electron chi connectivity index (χ1n) is 7.47. The van der Waals surface area contributed by atoms with Crippen molar-refractivity contribution in [3.63, 3.8) is 0 Å². The number of hydrogen-bond acceptors (Lipinski definition) is 4. The molecular weight excluding hydrogens is 346 g/mol. The van der Waals surface area contributed by atoms with Crippen LogP contribution in [-0.2, 0) is 4.74 Å². The molecule has 122 valence electrons. The van der Waals surface area contributed by atoms with Crippen molar-refractivity contribution in [1.82, 2.24) is 4.90 Å². The van der Waals surface area contributed by atoms with Crippen molar-refractivity contribution in [2.24, 2.45) is 0 Å². The van der Waals surface area contributed by atoms with Gasteiger partial charge in [-0.25, -0.2) is 4.79 Å². The first-order chi connectivity index (χ1) is 10.2. The highest BCUT2D eigenvalue weighted by Crippen LogP contribution is 2.30. The van der Waals surface area contributed by atoms with Gasteiger partial charge in [-0.05, 0) is 45.9 Å². The maximum atomic E-state index is 12.2. The summed E-state index contributed by atoms with van der Waals surface area (Å²) in [5.41, 5.74) is 7.38. The second kappa shape index (κ2) is 6.36. The van der Waals surface area contributed by atoms with E-state index >= 15 is 0 Å². The first kappa shape index (κ1) is 16.9. The average molecular weight is 370 g/mol. The van der Waals surface area contributed by atoms with Crippen LogP contribution >= 0.6 is 15.9 Å². The Bertz CT molecular complexity index is 557. The van der Waals surface area contributed by atoms with Gasteiger partial charge in [0.15, 0.2) is 0 Å². The SMILES string of the molecule is C[C@@H]1CN(C(=O)OC(C)(C)C)CCN1c1cc(Br)ccc1N. The number of piperazine rings is 1. The molecule has 1 aromatic rings. The van der Waals surface area contributed by atoms with Gasteiger partial charge in [-0.1, -0.05) is 15.9 Å². The zero-order valence-electron chi connectivity index (χ0n) is 13.6. The summed E-state index contributed by atoms with van der Waals surface area (Å²) >= 11 is 3.48. The van der Waals surface area contributed by atoms with E-state index in [4.69, 9.17) is 10.5 Å². The Kier molecular flexibility index (Phi) is 4.90. The van der Waals surface area contributed by atoms with Crippen molar-refractivity contribution in [2.45, 2.75) is 39.3 Å². The van der Waals surface area contributed by atoms with Crippen LogP contribution in [0.1, 0.15) is 27.7 Å². The Morgan fingerprint density at radius 3 is 2.64 bits per heavy atom. The lowest BCUT2D eigenvalue weighted by atomic mass is 10.1. The number of amides is 1. The third kappa shape index (κ3) is 4.06. The second-order valence-corrected chi connectivity index (χ2v) is 7.59. The Balaban J connectivity index is 2.07. The van der Waals surface area contributed by atoms with Gasteiger partial charge in [-0.3, -0.25) is 0 Å². The van der Waals surface area contributed by atoms with E-state index < -0.39 is 5.60 Å². The van der Waals surface area contributed by atoms with Crippen LogP contribution in [0.15, 0.2) is 22.7 Å². The van der Waals surface area contributed by atoms with Crippen molar-refractivity contribution in [2.75, 3.05) is 30.3 Å². The minimum absolute atomic E-state index is 0.179. The molecule has 1 heterocycles. The topological polar surface area (TPSA) is 58.8 Å². The normalized spacial score (nSPS) is 19.2. The molecule has 0 saturated carbocycles. The van der Waals surface area contributed by atoms with E-state index in [1.54, 1.807) is 4.90 Å². The molecule has 1 aromatic carbocycles. The number of anilines is 2. The summed E-state index contributed by atoms with van der Waals surface area (Å²) in [4.78, 5) is 16.2. The summed E-state index contributed by atoms with van der Waals surface area (Å²) < 4.78 is 6.44. The highest BCUT2D eigenvalue weighted by Gasteiger charge is 2.30. The highest BCUT2D eigenvalue weighted by atomic mass is 79.9. The Labute approximate surface area is 140 Å². The van der Waals surface area contributed by atoms with Crippen LogP contribution in [0, 0.1) is 0 Å². The van der Waals surface area contributed by atoms with Gasteiger partial charge >= 0.3 is 6.09 Å². The molecule has 22 heavy (non-hydrogen) atoms. The fourth-order valence-electron chi connectivity index (χ4n) is 2.57. The number of hydrogen-bond donors (Lipinski definition) is 1. The molecule has 1 atom stereocenters. The van der Waals surface area contributed by atoms with Crippen molar-refractivity contribution < 1.29 is 9.53 Å². The fraction of sp³-hybridized carbons (Fsp3) is 0.562. The monoisotopic (exact) mass is 369 g/mol. The van der Waals surface area contributed by atoms with Crippen molar-refractivity contribution >= 4 is 33.4 Å². The Hall–Kier alpha value is -1.43. The predicted molar refractivity (Wildman–Crippen MR) is 93.2 cm³/mol. The predicted octanol–water partition coefficient (Wildman–Crippen LogP) is 3.48. The molecule has 0 radical (unpaired) electrons. The standard InChI is InChI=1S/C16H24BrN3O2/c1-11-10-19(15(21)22-16(2,3)4)7-8-20(11)14-9-12(17)5-6-13(14)18/h5-6,9,11H,7-8,10,18H2,1-4H3/t11-/m1/s1. The van der Waals surface area contributed by atoms with Crippen LogP contribution in [0.4, 0.5) is 16.2 Å². The van der Waals surface area contributed by atoms with E-state index in [1.165, 1.54) is 0 Å².